The maximum atomic E-state index is 7.04. The number of rotatable bonds is 7. The van der Waals surface area contributed by atoms with Crippen molar-refractivity contribution in [2.24, 2.45) is 0 Å². The van der Waals surface area contributed by atoms with Crippen LogP contribution in [0.1, 0.15) is 22.3 Å². The molecule has 0 unspecified atom stereocenters. The molecule has 0 amide bonds. The van der Waals surface area contributed by atoms with Crippen molar-refractivity contribution < 1.29 is 4.42 Å². The third-order valence-electron chi connectivity index (χ3n) is 12.7. The second-order valence-corrected chi connectivity index (χ2v) is 16.0. The lowest BCUT2D eigenvalue weighted by atomic mass is 9.67. The third-order valence-corrected chi connectivity index (χ3v) is 12.7. The van der Waals surface area contributed by atoms with E-state index in [1.54, 1.807) is 0 Å². The molecular weight excluding hydrogens is 739 g/mol. The zero-order valence-corrected chi connectivity index (χ0v) is 33.4. The van der Waals surface area contributed by atoms with Gasteiger partial charge in [-0.15, -0.1) is 0 Å². The van der Waals surface area contributed by atoms with Gasteiger partial charge in [-0.25, -0.2) is 0 Å². The predicted octanol–water partition coefficient (Wildman–Crippen LogP) is 15.9. The van der Waals surface area contributed by atoms with Gasteiger partial charge in [-0.2, -0.15) is 0 Å². The molecule has 1 aromatic heterocycles. The van der Waals surface area contributed by atoms with E-state index in [0.29, 0.717) is 0 Å². The lowest BCUT2D eigenvalue weighted by Crippen LogP contribution is -2.28. The van der Waals surface area contributed by atoms with Crippen molar-refractivity contribution >= 4 is 49.8 Å². The molecular formula is C59H39NO. The Kier molecular flexibility index (Phi) is 8.11. The molecule has 0 spiro atoms. The Labute approximate surface area is 355 Å². The molecule has 10 aromatic carbocycles. The van der Waals surface area contributed by atoms with Gasteiger partial charge in [0.05, 0.1) is 16.8 Å². The smallest absolute Gasteiger partial charge is 0.160 e. The van der Waals surface area contributed by atoms with E-state index in [2.05, 4.69) is 241 Å². The van der Waals surface area contributed by atoms with Gasteiger partial charge in [0.25, 0.3) is 0 Å². The average molecular weight is 778 g/mol. The summed E-state index contributed by atoms with van der Waals surface area (Å²) < 4.78 is 7.04. The minimum absolute atomic E-state index is 0.562. The Bertz CT molecular complexity index is 3370. The van der Waals surface area contributed by atoms with Gasteiger partial charge in [0, 0.05) is 22.0 Å². The normalized spacial score (nSPS) is 12.7. The van der Waals surface area contributed by atoms with E-state index >= 15 is 0 Å². The number of fused-ring (bicyclic) bond motifs is 8. The Balaban J connectivity index is 1.21. The summed E-state index contributed by atoms with van der Waals surface area (Å²) in [5, 5.41) is 4.55. The van der Waals surface area contributed by atoms with Crippen molar-refractivity contribution in [3.63, 3.8) is 0 Å². The molecule has 1 aliphatic carbocycles. The van der Waals surface area contributed by atoms with Crippen LogP contribution in [-0.2, 0) is 5.41 Å². The van der Waals surface area contributed by atoms with Gasteiger partial charge in [-0.3, -0.25) is 0 Å². The highest BCUT2D eigenvalue weighted by Gasteiger charge is 2.46. The molecule has 0 saturated carbocycles. The monoisotopic (exact) mass is 777 g/mol. The van der Waals surface area contributed by atoms with Crippen LogP contribution in [0.15, 0.2) is 241 Å². The van der Waals surface area contributed by atoms with Gasteiger partial charge in [0.2, 0.25) is 0 Å². The number of para-hydroxylation sites is 1. The van der Waals surface area contributed by atoms with Crippen molar-refractivity contribution in [3.8, 4) is 33.4 Å². The van der Waals surface area contributed by atoms with E-state index in [9.17, 15) is 0 Å². The van der Waals surface area contributed by atoms with Crippen LogP contribution in [0.4, 0.5) is 17.1 Å². The summed E-state index contributed by atoms with van der Waals surface area (Å²) in [7, 11) is 0. The summed E-state index contributed by atoms with van der Waals surface area (Å²) in [5.74, 6) is 0. The Hall–Kier alpha value is -7.94. The maximum absolute atomic E-state index is 7.04. The number of nitrogens with zero attached hydrogens (tertiary/aromatic N) is 1. The van der Waals surface area contributed by atoms with Crippen LogP contribution >= 0.6 is 0 Å². The highest BCUT2D eigenvalue weighted by molar-refractivity contribution is 6.23. The van der Waals surface area contributed by atoms with Gasteiger partial charge in [0.15, 0.2) is 5.58 Å². The quantitative estimate of drug-likeness (QED) is 0.160. The van der Waals surface area contributed by atoms with Crippen molar-refractivity contribution in [1.29, 1.82) is 0 Å². The fraction of sp³-hybridized carbons (Fsp3) is 0.0169. The molecule has 0 saturated heterocycles. The van der Waals surface area contributed by atoms with E-state index in [1.165, 1.54) is 44.3 Å². The average Bonchev–Trinajstić information content (AvgIpc) is 3.88. The fourth-order valence-corrected chi connectivity index (χ4v) is 10.1. The van der Waals surface area contributed by atoms with Crippen molar-refractivity contribution in [2.45, 2.75) is 5.41 Å². The molecule has 12 rings (SSSR count). The van der Waals surface area contributed by atoms with Crippen LogP contribution in [0.25, 0.3) is 66.1 Å². The second kappa shape index (κ2) is 14.1. The van der Waals surface area contributed by atoms with Crippen LogP contribution in [0.2, 0.25) is 0 Å². The van der Waals surface area contributed by atoms with Gasteiger partial charge < -0.3 is 9.32 Å². The maximum Gasteiger partial charge on any atom is 0.160 e. The van der Waals surface area contributed by atoms with E-state index in [-0.39, 0.29) is 0 Å². The number of furan rings is 1. The standard InChI is InChI=1S/C59H39NO/c1-5-19-40(20-6-1)42-33-36-54(51(37-42)41-21-7-2-8-22-41)60(55-38-43-23-13-14-28-47(43)57-50-30-16-18-32-56(50)61-58(55)57)46-34-35-49-48-29-15-17-31-52(48)59(53(49)39-46,44-24-9-3-10-25-44)45-26-11-4-12-27-45/h1-39H. The summed E-state index contributed by atoms with van der Waals surface area (Å²) in [6, 6.07) is 86.0. The van der Waals surface area contributed by atoms with Crippen molar-refractivity contribution in [1.82, 2.24) is 0 Å². The topological polar surface area (TPSA) is 16.4 Å². The number of hydrogen-bond donors (Lipinski definition) is 0. The summed E-state index contributed by atoms with van der Waals surface area (Å²) in [6.07, 6.45) is 0. The molecule has 0 atom stereocenters. The molecule has 0 aliphatic heterocycles. The van der Waals surface area contributed by atoms with Gasteiger partial charge >= 0.3 is 0 Å². The molecule has 1 heterocycles. The van der Waals surface area contributed by atoms with Crippen LogP contribution in [0.5, 0.6) is 0 Å². The molecule has 61 heavy (non-hydrogen) atoms. The summed E-state index contributed by atoms with van der Waals surface area (Å²) in [4.78, 5) is 2.46. The molecule has 11 aromatic rings. The zero-order valence-electron chi connectivity index (χ0n) is 33.4. The summed E-state index contributed by atoms with van der Waals surface area (Å²) in [5.41, 5.74) is 16.3. The molecule has 0 N–H and O–H groups in total. The third kappa shape index (κ3) is 5.43. The summed E-state index contributed by atoms with van der Waals surface area (Å²) in [6.45, 7) is 0. The van der Waals surface area contributed by atoms with Crippen molar-refractivity contribution in [3.05, 3.63) is 259 Å². The Morgan fingerprint density at radius 2 is 0.951 bits per heavy atom. The first-order valence-corrected chi connectivity index (χ1v) is 21.0. The molecule has 2 nitrogen and oxygen atoms in total. The lowest BCUT2D eigenvalue weighted by molar-refractivity contribution is 0.669. The van der Waals surface area contributed by atoms with Gasteiger partial charge in [-0.05, 0) is 97.2 Å². The van der Waals surface area contributed by atoms with Gasteiger partial charge in [0.1, 0.15) is 5.58 Å². The van der Waals surface area contributed by atoms with Crippen LogP contribution < -0.4 is 4.90 Å². The fourth-order valence-electron chi connectivity index (χ4n) is 10.1. The first-order valence-electron chi connectivity index (χ1n) is 21.0. The molecule has 0 radical (unpaired) electrons. The van der Waals surface area contributed by atoms with Crippen LogP contribution in [0, 0.1) is 0 Å². The largest absolute Gasteiger partial charge is 0.454 e. The minimum Gasteiger partial charge on any atom is -0.454 e. The first kappa shape index (κ1) is 35.0. The Morgan fingerprint density at radius 3 is 1.69 bits per heavy atom. The van der Waals surface area contributed by atoms with Crippen LogP contribution in [-0.4, -0.2) is 0 Å². The number of anilines is 3. The summed E-state index contributed by atoms with van der Waals surface area (Å²) >= 11 is 0. The zero-order chi connectivity index (χ0) is 40.3. The molecule has 2 heteroatoms. The molecule has 0 bridgehead atoms. The predicted molar refractivity (Wildman–Crippen MR) is 254 cm³/mol. The minimum atomic E-state index is -0.562. The van der Waals surface area contributed by atoms with E-state index in [0.717, 1.165) is 61.1 Å². The SMILES string of the molecule is c1ccc(-c2ccc(N(c3ccc4c(c3)C(c3ccccc3)(c3ccccc3)c3ccccc3-4)c3cc4ccccc4c4c3oc3ccccc34)c(-c3ccccc3)c2)cc1. The highest BCUT2D eigenvalue weighted by atomic mass is 16.3. The van der Waals surface area contributed by atoms with E-state index in [1.807, 2.05) is 0 Å². The number of benzene rings is 10. The van der Waals surface area contributed by atoms with Crippen molar-refractivity contribution in [2.75, 3.05) is 4.90 Å². The highest BCUT2D eigenvalue weighted by Crippen LogP contribution is 2.58. The van der Waals surface area contributed by atoms with Crippen LogP contribution in [0.3, 0.4) is 0 Å². The van der Waals surface area contributed by atoms with Gasteiger partial charge in [-0.1, -0.05) is 200 Å². The van der Waals surface area contributed by atoms with E-state index in [4.69, 9.17) is 4.42 Å². The lowest BCUT2D eigenvalue weighted by Gasteiger charge is -2.35. The second-order valence-electron chi connectivity index (χ2n) is 16.0. The molecule has 0 fully saturated rings. The Morgan fingerprint density at radius 1 is 0.361 bits per heavy atom. The van der Waals surface area contributed by atoms with E-state index < -0.39 is 5.41 Å². The number of hydrogen-bond acceptors (Lipinski definition) is 2. The molecule has 286 valence electrons. The molecule has 1 aliphatic rings. The first-order chi connectivity index (χ1) is 30.3.